The van der Waals surface area contributed by atoms with Crippen LogP contribution in [0.5, 0.6) is 0 Å². The molecule has 1 aromatic heterocycles. The van der Waals surface area contributed by atoms with E-state index in [9.17, 15) is 4.79 Å². The van der Waals surface area contributed by atoms with Crippen molar-refractivity contribution in [2.45, 2.75) is 45.4 Å². The lowest BCUT2D eigenvalue weighted by Gasteiger charge is -2.01. The van der Waals surface area contributed by atoms with Gasteiger partial charge >= 0.3 is 5.97 Å². The molecule has 1 rings (SSSR count). The van der Waals surface area contributed by atoms with Gasteiger partial charge in [-0.15, -0.1) is 0 Å². The summed E-state index contributed by atoms with van der Waals surface area (Å²) in [7, 11) is 0. The standard InChI is InChI=1S/C11H19N3O2S/c1-8(2)10-13-11(17-14-10)12-7-5-3-4-6-9(15)16/h8H,3-7H2,1-2H3,(H,15,16)(H,12,13,14). The number of carbonyl (C=O) groups is 1. The summed E-state index contributed by atoms with van der Waals surface area (Å²) in [6.07, 6.45) is 2.89. The minimum atomic E-state index is -0.719. The number of carboxylic acid groups (broad SMARTS) is 1. The first-order valence-corrected chi connectivity index (χ1v) is 6.66. The second kappa shape index (κ2) is 7.21. The Hall–Kier alpha value is -1.17. The van der Waals surface area contributed by atoms with Crippen molar-refractivity contribution in [3.8, 4) is 0 Å². The summed E-state index contributed by atoms with van der Waals surface area (Å²) in [6.45, 7) is 4.96. The summed E-state index contributed by atoms with van der Waals surface area (Å²) in [6, 6.07) is 0. The van der Waals surface area contributed by atoms with Crippen LogP contribution < -0.4 is 5.32 Å². The first kappa shape index (κ1) is 13.9. The number of aromatic nitrogens is 2. The molecule has 2 N–H and O–H groups in total. The Labute approximate surface area is 105 Å². The van der Waals surface area contributed by atoms with Crippen molar-refractivity contribution < 1.29 is 9.90 Å². The highest BCUT2D eigenvalue weighted by atomic mass is 32.1. The van der Waals surface area contributed by atoms with E-state index in [4.69, 9.17) is 5.11 Å². The van der Waals surface area contributed by atoms with E-state index in [1.807, 2.05) is 0 Å². The van der Waals surface area contributed by atoms with Crippen LogP contribution in [0.4, 0.5) is 5.13 Å². The molecule has 0 amide bonds. The molecule has 0 aliphatic carbocycles. The SMILES string of the molecule is CC(C)c1nsc(NCCCCCC(=O)O)n1. The van der Waals surface area contributed by atoms with E-state index in [1.54, 1.807) is 0 Å². The Morgan fingerprint density at radius 2 is 2.18 bits per heavy atom. The van der Waals surface area contributed by atoms with Crippen LogP contribution in [0.2, 0.25) is 0 Å². The lowest BCUT2D eigenvalue weighted by molar-refractivity contribution is -0.137. The molecule has 5 nitrogen and oxygen atoms in total. The summed E-state index contributed by atoms with van der Waals surface area (Å²) < 4.78 is 4.24. The number of nitrogens with one attached hydrogen (secondary N) is 1. The molecule has 0 unspecified atom stereocenters. The first-order valence-electron chi connectivity index (χ1n) is 5.89. The fourth-order valence-corrected chi connectivity index (χ4v) is 2.05. The molecule has 1 aromatic rings. The van der Waals surface area contributed by atoms with Crippen LogP contribution in [0.3, 0.4) is 0 Å². The molecular formula is C11H19N3O2S. The third-order valence-electron chi connectivity index (χ3n) is 2.30. The summed E-state index contributed by atoms with van der Waals surface area (Å²) in [5, 5.41) is 12.5. The zero-order valence-electron chi connectivity index (χ0n) is 10.3. The van der Waals surface area contributed by atoms with Gasteiger partial charge in [0.15, 0.2) is 0 Å². The number of rotatable bonds is 8. The minimum absolute atomic E-state index is 0.260. The zero-order valence-corrected chi connectivity index (χ0v) is 11.1. The molecule has 0 saturated heterocycles. The van der Waals surface area contributed by atoms with Crippen molar-refractivity contribution in [1.29, 1.82) is 0 Å². The minimum Gasteiger partial charge on any atom is -0.481 e. The smallest absolute Gasteiger partial charge is 0.303 e. The number of unbranched alkanes of at least 4 members (excludes halogenated alkanes) is 2. The number of hydrogen-bond acceptors (Lipinski definition) is 5. The molecule has 0 aliphatic heterocycles. The van der Waals surface area contributed by atoms with Gasteiger partial charge in [0.25, 0.3) is 0 Å². The van der Waals surface area contributed by atoms with Crippen LogP contribution >= 0.6 is 11.5 Å². The zero-order chi connectivity index (χ0) is 12.7. The van der Waals surface area contributed by atoms with Gasteiger partial charge in [0.05, 0.1) is 0 Å². The molecule has 0 radical (unpaired) electrons. The molecule has 0 saturated carbocycles. The van der Waals surface area contributed by atoms with Gasteiger partial charge in [-0.2, -0.15) is 4.37 Å². The Kier molecular flexibility index (Phi) is 5.90. The van der Waals surface area contributed by atoms with Crippen molar-refractivity contribution in [3.05, 3.63) is 5.82 Å². The number of hydrogen-bond donors (Lipinski definition) is 2. The summed E-state index contributed by atoms with van der Waals surface area (Å²) in [5.41, 5.74) is 0. The van der Waals surface area contributed by atoms with E-state index in [1.165, 1.54) is 11.5 Å². The van der Waals surface area contributed by atoms with Gasteiger partial charge in [0, 0.05) is 30.4 Å². The highest BCUT2D eigenvalue weighted by molar-refractivity contribution is 7.09. The maximum atomic E-state index is 10.3. The number of anilines is 1. The average molecular weight is 257 g/mol. The quantitative estimate of drug-likeness (QED) is 0.700. The summed E-state index contributed by atoms with van der Waals surface area (Å²) in [4.78, 5) is 14.6. The highest BCUT2D eigenvalue weighted by Crippen LogP contribution is 2.17. The second-order valence-corrected chi connectivity index (χ2v) is 5.00. The maximum Gasteiger partial charge on any atom is 0.303 e. The number of nitrogens with zero attached hydrogens (tertiary/aromatic N) is 2. The number of carboxylic acids is 1. The lowest BCUT2D eigenvalue weighted by atomic mass is 10.2. The molecule has 17 heavy (non-hydrogen) atoms. The molecule has 96 valence electrons. The van der Waals surface area contributed by atoms with E-state index in [0.717, 1.165) is 36.8 Å². The molecule has 1 heterocycles. The topological polar surface area (TPSA) is 75.1 Å². The van der Waals surface area contributed by atoms with E-state index < -0.39 is 5.97 Å². The van der Waals surface area contributed by atoms with Crippen molar-refractivity contribution >= 4 is 22.6 Å². The monoisotopic (exact) mass is 257 g/mol. The van der Waals surface area contributed by atoms with E-state index in [0.29, 0.717) is 5.92 Å². The predicted octanol–water partition coefficient (Wildman–Crippen LogP) is 2.72. The highest BCUT2D eigenvalue weighted by Gasteiger charge is 2.06. The molecule has 0 fully saturated rings. The largest absolute Gasteiger partial charge is 0.481 e. The molecule has 0 aromatic carbocycles. The Balaban J connectivity index is 2.11. The van der Waals surface area contributed by atoms with Crippen LogP contribution in [0.1, 0.15) is 51.3 Å². The van der Waals surface area contributed by atoms with Gasteiger partial charge in [-0.05, 0) is 12.8 Å². The van der Waals surface area contributed by atoms with Crippen molar-refractivity contribution in [2.75, 3.05) is 11.9 Å². The number of aliphatic carboxylic acids is 1. The van der Waals surface area contributed by atoms with Gasteiger partial charge in [0.1, 0.15) is 5.82 Å². The van der Waals surface area contributed by atoms with Gasteiger partial charge in [-0.25, -0.2) is 4.98 Å². The van der Waals surface area contributed by atoms with Crippen LogP contribution in [-0.4, -0.2) is 27.0 Å². The fourth-order valence-electron chi connectivity index (χ4n) is 1.31. The fraction of sp³-hybridized carbons (Fsp3) is 0.727. The first-order chi connectivity index (χ1) is 8.09. The van der Waals surface area contributed by atoms with Crippen LogP contribution in [0, 0.1) is 0 Å². The predicted molar refractivity (Wildman–Crippen MR) is 68.6 cm³/mol. The molecule has 0 aliphatic rings. The summed E-state index contributed by atoms with van der Waals surface area (Å²) >= 11 is 1.38. The molecule has 0 bridgehead atoms. The molecule has 0 spiro atoms. The van der Waals surface area contributed by atoms with Gasteiger partial charge in [0.2, 0.25) is 5.13 Å². The molecule has 0 atom stereocenters. The molecule has 6 heteroatoms. The van der Waals surface area contributed by atoms with Gasteiger partial charge in [-0.3, -0.25) is 4.79 Å². The van der Waals surface area contributed by atoms with E-state index in [2.05, 4.69) is 28.5 Å². The third kappa shape index (κ3) is 5.63. The van der Waals surface area contributed by atoms with Gasteiger partial charge < -0.3 is 10.4 Å². The van der Waals surface area contributed by atoms with Crippen molar-refractivity contribution in [3.63, 3.8) is 0 Å². The van der Waals surface area contributed by atoms with Crippen molar-refractivity contribution in [2.24, 2.45) is 0 Å². The van der Waals surface area contributed by atoms with Crippen LogP contribution in [-0.2, 0) is 4.79 Å². The van der Waals surface area contributed by atoms with Crippen molar-refractivity contribution in [1.82, 2.24) is 9.36 Å². The maximum absolute atomic E-state index is 10.3. The summed E-state index contributed by atoms with van der Waals surface area (Å²) in [5.74, 6) is 0.518. The molecular weight excluding hydrogens is 238 g/mol. The third-order valence-corrected chi connectivity index (χ3v) is 2.99. The van der Waals surface area contributed by atoms with Crippen LogP contribution in [0.25, 0.3) is 0 Å². The average Bonchev–Trinajstić information content (AvgIpc) is 2.71. The van der Waals surface area contributed by atoms with Gasteiger partial charge in [-0.1, -0.05) is 20.3 Å². The normalized spacial score (nSPS) is 10.8. The van der Waals surface area contributed by atoms with E-state index in [-0.39, 0.29) is 6.42 Å². The Morgan fingerprint density at radius 1 is 1.41 bits per heavy atom. The lowest BCUT2D eigenvalue weighted by Crippen LogP contribution is -2.02. The Morgan fingerprint density at radius 3 is 2.76 bits per heavy atom. The Bertz CT molecular complexity index is 352. The van der Waals surface area contributed by atoms with E-state index >= 15 is 0 Å². The van der Waals surface area contributed by atoms with Crippen LogP contribution in [0.15, 0.2) is 0 Å². The second-order valence-electron chi connectivity index (χ2n) is 4.24.